The van der Waals surface area contributed by atoms with Crippen molar-refractivity contribution in [2.24, 2.45) is 10.7 Å². The van der Waals surface area contributed by atoms with Gasteiger partial charge in [-0.05, 0) is 23.3 Å². The molecule has 3 rings (SSSR count). The van der Waals surface area contributed by atoms with Crippen molar-refractivity contribution in [1.82, 2.24) is 10.3 Å². The van der Waals surface area contributed by atoms with Crippen molar-refractivity contribution in [2.75, 3.05) is 13.1 Å². The van der Waals surface area contributed by atoms with Crippen LogP contribution in [0.2, 0.25) is 0 Å². The summed E-state index contributed by atoms with van der Waals surface area (Å²) >= 11 is 0. The fourth-order valence-electron chi connectivity index (χ4n) is 3.07. The molecule has 0 fully saturated rings. The molecule has 3 aromatic rings. The number of guanidine groups is 1. The maximum atomic E-state index is 11.4. The van der Waals surface area contributed by atoms with Gasteiger partial charge in [0, 0.05) is 31.3 Å². The second kappa shape index (κ2) is 11.5. The van der Waals surface area contributed by atoms with E-state index in [0.29, 0.717) is 18.9 Å². The summed E-state index contributed by atoms with van der Waals surface area (Å²) in [5.41, 5.74) is 7.76. The molecule has 0 radical (unpaired) electrons. The van der Waals surface area contributed by atoms with Crippen molar-refractivity contribution in [2.45, 2.75) is 18.4 Å². The largest absolute Gasteiger partial charge is 0.383 e. The average molecular weight is 502 g/mol. The Balaban J connectivity index is 0.00000300. The summed E-state index contributed by atoms with van der Waals surface area (Å²) in [7, 11) is 0. The van der Waals surface area contributed by atoms with Crippen molar-refractivity contribution in [3.8, 4) is 0 Å². The van der Waals surface area contributed by atoms with E-state index >= 15 is 0 Å². The molecule has 2 aromatic carbocycles. The molecule has 0 aliphatic heterocycles. The summed E-state index contributed by atoms with van der Waals surface area (Å²) in [4.78, 5) is 8.70. The van der Waals surface area contributed by atoms with Crippen LogP contribution in [0.15, 0.2) is 90.1 Å². The minimum absolute atomic E-state index is 0. The van der Waals surface area contributed by atoms with Gasteiger partial charge in [0.25, 0.3) is 0 Å². The minimum atomic E-state index is -1.13. The van der Waals surface area contributed by atoms with Crippen LogP contribution in [0.25, 0.3) is 0 Å². The lowest BCUT2D eigenvalue weighted by atomic mass is 9.87. The first-order valence-corrected chi connectivity index (χ1v) is 9.41. The van der Waals surface area contributed by atoms with Gasteiger partial charge in [0.05, 0.1) is 6.54 Å². The zero-order valence-corrected chi connectivity index (χ0v) is 18.6. The summed E-state index contributed by atoms with van der Waals surface area (Å²) in [6.45, 7) is 0.809. The fraction of sp³-hybridized carbons (Fsp3) is 0.217. The Bertz CT molecular complexity index is 875. The number of rotatable bonds is 8. The lowest BCUT2D eigenvalue weighted by Crippen LogP contribution is -2.37. The molecule has 4 N–H and O–H groups in total. The van der Waals surface area contributed by atoms with Gasteiger partial charge in [0.15, 0.2) is 5.96 Å². The standard InChI is InChI=1S/C23H26N4O.HI/c24-22(26-16-14-21-13-7-8-15-25-21)27-18-23(28,20-11-5-2-6-12-20)17-19-9-3-1-4-10-19;/h1-13,15,28H,14,16-18H2,(H3,24,26,27);1H. The van der Waals surface area contributed by atoms with Crippen LogP contribution in [0.1, 0.15) is 16.8 Å². The number of aliphatic hydroxyl groups is 1. The van der Waals surface area contributed by atoms with Crippen LogP contribution in [0.4, 0.5) is 0 Å². The first kappa shape index (κ1) is 22.8. The Kier molecular flexibility index (Phi) is 9.08. The van der Waals surface area contributed by atoms with Gasteiger partial charge in [-0.1, -0.05) is 66.7 Å². The third-order valence-corrected chi connectivity index (χ3v) is 4.57. The van der Waals surface area contributed by atoms with Gasteiger partial charge in [0.1, 0.15) is 5.60 Å². The molecular formula is C23H27IN4O. The Hall–Kier alpha value is -2.45. The lowest BCUT2D eigenvalue weighted by Gasteiger charge is -2.27. The molecule has 0 bridgehead atoms. The van der Waals surface area contributed by atoms with E-state index in [1.54, 1.807) is 6.20 Å². The number of hydrogen-bond donors (Lipinski definition) is 3. The molecular weight excluding hydrogens is 475 g/mol. The third kappa shape index (κ3) is 7.14. The second-order valence-corrected chi connectivity index (χ2v) is 6.76. The van der Waals surface area contributed by atoms with Crippen molar-refractivity contribution in [1.29, 1.82) is 0 Å². The van der Waals surface area contributed by atoms with E-state index in [1.807, 2.05) is 78.9 Å². The molecule has 0 amide bonds. The molecule has 0 saturated heterocycles. The first-order chi connectivity index (χ1) is 13.7. The molecule has 29 heavy (non-hydrogen) atoms. The molecule has 1 aromatic heterocycles. The van der Waals surface area contributed by atoms with Gasteiger partial charge in [0.2, 0.25) is 0 Å². The predicted octanol–water partition coefficient (Wildman–Crippen LogP) is 3.28. The number of benzene rings is 2. The lowest BCUT2D eigenvalue weighted by molar-refractivity contribution is 0.0467. The zero-order chi connectivity index (χ0) is 19.7. The van der Waals surface area contributed by atoms with Gasteiger partial charge in [-0.3, -0.25) is 9.98 Å². The number of hydrogen-bond acceptors (Lipinski definition) is 3. The Morgan fingerprint density at radius 2 is 1.62 bits per heavy atom. The molecule has 5 nitrogen and oxygen atoms in total. The van der Waals surface area contributed by atoms with Gasteiger partial charge in [-0.25, -0.2) is 0 Å². The quantitative estimate of drug-likeness (QED) is 0.251. The van der Waals surface area contributed by atoms with E-state index in [1.165, 1.54) is 0 Å². The normalized spacial score (nSPS) is 13.2. The molecule has 0 spiro atoms. The number of nitrogens with zero attached hydrogens (tertiary/aromatic N) is 2. The van der Waals surface area contributed by atoms with Crippen molar-refractivity contribution < 1.29 is 5.11 Å². The third-order valence-electron chi connectivity index (χ3n) is 4.57. The van der Waals surface area contributed by atoms with Crippen LogP contribution in [0.5, 0.6) is 0 Å². The molecule has 1 atom stereocenters. The SMILES string of the molecule is I.NC(=NCC(O)(Cc1ccccc1)c1ccccc1)NCCc1ccccn1. The number of pyridine rings is 1. The maximum Gasteiger partial charge on any atom is 0.188 e. The average Bonchev–Trinajstić information content (AvgIpc) is 2.74. The highest BCUT2D eigenvalue weighted by Crippen LogP contribution is 2.26. The van der Waals surface area contributed by atoms with E-state index < -0.39 is 5.60 Å². The van der Waals surface area contributed by atoms with E-state index in [2.05, 4.69) is 15.3 Å². The molecule has 6 heteroatoms. The van der Waals surface area contributed by atoms with Crippen molar-refractivity contribution in [3.63, 3.8) is 0 Å². The van der Waals surface area contributed by atoms with Crippen LogP contribution in [-0.2, 0) is 18.4 Å². The molecule has 0 saturated carbocycles. The highest BCUT2D eigenvalue weighted by Gasteiger charge is 2.29. The van der Waals surface area contributed by atoms with Crippen molar-refractivity contribution in [3.05, 3.63) is 102 Å². The monoisotopic (exact) mass is 502 g/mol. The fourth-order valence-corrected chi connectivity index (χ4v) is 3.07. The summed E-state index contributed by atoms with van der Waals surface area (Å²) in [6, 6.07) is 25.4. The topological polar surface area (TPSA) is 83.5 Å². The van der Waals surface area contributed by atoms with Crippen LogP contribution in [0, 0.1) is 0 Å². The van der Waals surface area contributed by atoms with Crippen LogP contribution < -0.4 is 11.1 Å². The van der Waals surface area contributed by atoms with E-state index in [4.69, 9.17) is 5.73 Å². The van der Waals surface area contributed by atoms with E-state index in [9.17, 15) is 5.11 Å². The smallest absolute Gasteiger partial charge is 0.188 e. The summed E-state index contributed by atoms with van der Waals surface area (Å²) in [6.07, 6.45) is 2.99. The van der Waals surface area contributed by atoms with Gasteiger partial charge >= 0.3 is 0 Å². The first-order valence-electron chi connectivity index (χ1n) is 9.41. The summed E-state index contributed by atoms with van der Waals surface area (Å²) in [5, 5.41) is 14.5. The highest BCUT2D eigenvalue weighted by atomic mass is 127. The minimum Gasteiger partial charge on any atom is -0.383 e. The number of aliphatic imine (C=N–C) groups is 1. The van der Waals surface area contributed by atoms with Gasteiger partial charge in [-0.2, -0.15) is 0 Å². The van der Waals surface area contributed by atoms with Crippen LogP contribution >= 0.6 is 24.0 Å². The summed E-state index contributed by atoms with van der Waals surface area (Å²) < 4.78 is 0. The van der Waals surface area contributed by atoms with Crippen molar-refractivity contribution >= 4 is 29.9 Å². The Morgan fingerprint density at radius 3 is 2.28 bits per heavy atom. The molecule has 152 valence electrons. The maximum absolute atomic E-state index is 11.4. The molecule has 0 aliphatic carbocycles. The summed E-state index contributed by atoms with van der Waals surface area (Å²) in [5.74, 6) is 0.318. The predicted molar refractivity (Wildman–Crippen MR) is 128 cm³/mol. The number of halogens is 1. The van der Waals surface area contributed by atoms with E-state index in [0.717, 1.165) is 23.2 Å². The Morgan fingerprint density at radius 1 is 0.966 bits per heavy atom. The van der Waals surface area contributed by atoms with Gasteiger partial charge < -0.3 is 16.2 Å². The molecule has 1 unspecified atom stereocenters. The number of aromatic nitrogens is 1. The second-order valence-electron chi connectivity index (χ2n) is 6.76. The number of nitrogens with two attached hydrogens (primary N) is 1. The zero-order valence-electron chi connectivity index (χ0n) is 16.2. The highest BCUT2D eigenvalue weighted by molar-refractivity contribution is 14.0. The van der Waals surface area contributed by atoms with Gasteiger partial charge in [-0.15, -0.1) is 24.0 Å². The molecule has 0 aliphatic rings. The molecule has 1 heterocycles. The van der Waals surface area contributed by atoms with Crippen LogP contribution in [-0.4, -0.2) is 29.1 Å². The van der Waals surface area contributed by atoms with Crippen LogP contribution in [0.3, 0.4) is 0 Å². The van der Waals surface area contributed by atoms with E-state index in [-0.39, 0.29) is 30.5 Å². The Labute approximate surface area is 189 Å². The number of nitrogens with one attached hydrogen (secondary N) is 1.